The van der Waals surface area contributed by atoms with Crippen molar-refractivity contribution in [2.75, 3.05) is 20.3 Å². The van der Waals surface area contributed by atoms with E-state index in [2.05, 4.69) is 10.3 Å². The van der Waals surface area contributed by atoms with Crippen molar-refractivity contribution >= 4 is 0 Å². The highest BCUT2D eigenvalue weighted by Crippen LogP contribution is 2.25. The zero-order valence-electron chi connectivity index (χ0n) is 12.3. The molecule has 114 valence electrons. The topological polar surface area (TPSA) is 68.5 Å². The largest absolute Gasteiger partial charge is 0.493 e. The van der Waals surface area contributed by atoms with Gasteiger partial charge in [-0.05, 0) is 12.1 Å². The third-order valence-electron chi connectivity index (χ3n) is 3.08. The summed E-state index contributed by atoms with van der Waals surface area (Å²) in [5.74, 6) is 2.21. The number of aryl methyl sites for hydroxylation is 1. The van der Waals surface area contributed by atoms with Crippen LogP contribution in [-0.4, -0.2) is 41.0 Å². The van der Waals surface area contributed by atoms with Gasteiger partial charge in [0.05, 0.1) is 13.7 Å². The van der Waals surface area contributed by atoms with Gasteiger partial charge >= 0.3 is 0 Å². The smallest absolute Gasteiger partial charge is 0.161 e. The average Bonchev–Trinajstić information content (AvgIpc) is 2.91. The first-order valence-corrected chi connectivity index (χ1v) is 6.81. The normalized spacial score (nSPS) is 12.1. The molecule has 6 nitrogen and oxygen atoms in total. The van der Waals surface area contributed by atoms with Gasteiger partial charge in [0, 0.05) is 26.0 Å². The Morgan fingerprint density at radius 2 is 2.10 bits per heavy atom. The molecule has 0 fully saturated rings. The third-order valence-corrected chi connectivity index (χ3v) is 3.08. The van der Waals surface area contributed by atoms with Gasteiger partial charge in [-0.1, -0.05) is 12.1 Å². The molecule has 1 aromatic heterocycles. The summed E-state index contributed by atoms with van der Waals surface area (Å²) < 4.78 is 12.7. The number of nitrogens with zero attached hydrogens (tertiary/aromatic N) is 2. The van der Waals surface area contributed by atoms with Gasteiger partial charge in [-0.3, -0.25) is 0 Å². The lowest BCUT2D eigenvalue weighted by atomic mass is 10.3. The summed E-state index contributed by atoms with van der Waals surface area (Å²) in [5, 5.41) is 13.1. The van der Waals surface area contributed by atoms with E-state index in [0.717, 1.165) is 5.82 Å². The van der Waals surface area contributed by atoms with Crippen LogP contribution in [0.25, 0.3) is 0 Å². The number of aliphatic hydroxyl groups is 1. The van der Waals surface area contributed by atoms with Crippen molar-refractivity contribution in [3.8, 4) is 11.5 Å². The minimum Gasteiger partial charge on any atom is -0.493 e. The molecule has 1 unspecified atom stereocenters. The fraction of sp³-hybridized carbons (Fsp3) is 0.400. The van der Waals surface area contributed by atoms with Crippen molar-refractivity contribution < 1.29 is 14.6 Å². The van der Waals surface area contributed by atoms with E-state index in [-0.39, 0.29) is 6.61 Å². The number of para-hydroxylation sites is 2. The highest BCUT2D eigenvalue weighted by molar-refractivity contribution is 5.39. The molecule has 0 amide bonds. The van der Waals surface area contributed by atoms with E-state index in [1.807, 2.05) is 42.1 Å². The number of aliphatic hydroxyl groups excluding tert-OH is 1. The van der Waals surface area contributed by atoms with Gasteiger partial charge in [0.15, 0.2) is 11.5 Å². The van der Waals surface area contributed by atoms with Crippen molar-refractivity contribution in [3.63, 3.8) is 0 Å². The van der Waals surface area contributed by atoms with Gasteiger partial charge in [-0.15, -0.1) is 0 Å². The molecule has 0 bridgehead atoms. The predicted molar refractivity (Wildman–Crippen MR) is 79.4 cm³/mol. The van der Waals surface area contributed by atoms with Crippen molar-refractivity contribution in [1.82, 2.24) is 14.9 Å². The minimum absolute atomic E-state index is 0.202. The summed E-state index contributed by atoms with van der Waals surface area (Å²) in [4.78, 5) is 4.20. The molecular formula is C15H21N3O3. The standard InChI is InChI=1S/C15H21N3O3/c1-18-8-7-17-15(18)10-16-9-12(19)11-21-14-6-4-3-5-13(14)20-2/h3-8,12,16,19H,9-11H2,1-2H3. The highest BCUT2D eigenvalue weighted by Gasteiger charge is 2.08. The van der Waals surface area contributed by atoms with Crippen molar-refractivity contribution in [2.45, 2.75) is 12.6 Å². The first-order valence-electron chi connectivity index (χ1n) is 6.81. The van der Waals surface area contributed by atoms with Crippen LogP contribution in [0.15, 0.2) is 36.7 Å². The Kier molecular flexibility index (Phi) is 5.59. The molecule has 0 saturated heterocycles. The van der Waals surface area contributed by atoms with E-state index < -0.39 is 6.10 Å². The van der Waals surface area contributed by atoms with Crippen LogP contribution in [0, 0.1) is 0 Å². The van der Waals surface area contributed by atoms with Crippen LogP contribution in [0.2, 0.25) is 0 Å². The molecule has 0 aliphatic carbocycles. The molecular weight excluding hydrogens is 270 g/mol. The van der Waals surface area contributed by atoms with Gasteiger partial charge in [0.25, 0.3) is 0 Å². The van der Waals surface area contributed by atoms with Crippen LogP contribution in [-0.2, 0) is 13.6 Å². The maximum atomic E-state index is 9.92. The number of benzene rings is 1. The number of aromatic nitrogens is 2. The van der Waals surface area contributed by atoms with Crippen molar-refractivity contribution in [3.05, 3.63) is 42.5 Å². The predicted octanol–water partition coefficient (Wildman–Crippen LogP) is 0.958. The Hall–Kier alpha value is -2.05. The zero-order chi connectivity index (χ0) is 15.1. The third kappa shape index (κ3) is 4.47. The average molecular weight is 291 g/mol. The molecule has 0 saturated carbocycles. The lowest BCUT2D eigenvalue weighted by Gasteiger charge is -2.15. The van der Waals surface area contributed by atoms with E-state index in [1.54, 1.807) is 13.3 Å². The summed E-state index contributed by atoms with van der Waals surface area (Å²) >= 11 is 0. The van der Waals surface area contributed by atoms with Gasteiger partial charge < -0.3 is 24.5 Å². The number of imidazole rings is 1. The molecule has 0 aliphatic rings. The number of hydrogen-bond acceptors (Lipinski definition) is 5. The van der Waals surface area contributed by atoms with Gasteiger partial charge in [-0.2, -0.15) is 0 Å². The Morgan fingerprint density at radius 3 is 2.76 bits per heavy atom. The second-order valence-corrected chi connectivity index (χ2v) is 4.70. The van der Waals surface area contributed by atoms with Crippen LogP contribution in [0.1, 0.15) is 5.82 Å². The Labute approximate surface area is 124 Å². The summed E-state index contributed by atoms with van der Waals surface area (Å²) in [6, 6.07) is 7.37. The second kappa shape index (κ2) is 7.66. The Morgan fingerprint density at radius 1 is 1.33 bits per heavy atom. The molecule has 1 atom stereocenters. The number of ether oxygens (including phenoxy) is 2. The maximum absolute atomic E-state index is 9.92. The second-order valence-electron chi connectivity index (χ2n) is 4.70. The van der Waals surface area contributed by atoms with Crippen LogP contribution in [0.5, 0.6) is 11.5 Å². The molecule has 0 radical (unpaired) electrons. The van der Waals surface area contributed by atoms with E-state index in [4.69, 9.17) is 9.47 Å². The first-order chi connectivity index (χ1) is 10.2. The SMILES string of the molecule is COc1ccccc1OCC(O)CNCc1nccn1C. The molecule has 2 aromatic rings. The fourth-order valence-corrected chi connectivity index (χ4v) is 1.90. The zero-order valence-corrected chi connectivity index (χ0v) is 12.3. The van der Waals surface area contributed by atoms with E-state index in [9.17, 15) is 5.11 Å². The molecule has 1 aromatic carbocycles. The number of hydrogen-bond donors (Lipinski definition) is 2. The van der Waals surface area contributed by atoms with Crippen molar-refractivity contribution in [2.24, 2.45) is 7.05 Å². The summed E-state index contributed by atoms with van der Waals surface area (Å²) in [6.07, 6.45) is 3.03. The molecule has 0 aliphatic heterocycles. The van der Waals surface area contributed by atoms with Gasteiger partial charge in [0.2, 0.25) is 0 Å². The van der Waals surface area contributed by atoms with Crippen LogP contribution >= 0.6 is 0 Å². The quantitative estimate of drug-likeness (QED) is 0.758. The molecule has 1 heterocycles. The monoisotopic (exact) mass is 291 g/mol. The summed E-state index contributed by atoms with van der Waals surface area (Å²) in [5.41, 5.74) is 0. The van der Waals surface area contributed by atoms with E-state index in [0.29, 0.717) is 24.6 Å². The lowest BCUT2D eigenvalue weighted by molar-refractivity contribution is 0.104. The fourth-order valence-electron chi connectivity index (χ4n) is 1.90. The van der Waals surface area contributed by atoms with Crippen LogP contribution in [0.3, 0.4) is 0 Å². The number of methoxy groups -OCH3 is 1. The lowest BCUT2D eigenvalue weighted by Crippen LogP contribution is -2.31. The van der Waals surface area contributed by atoms with Gasteiger partial charge in [0.1, 0.15) is 18.5 Å². The summed E-state index contributed by atoms with van der Waals surface area (Å²) in [7, 11) is 3.53. The van der Waals surface area contributed by atoms with Gasteiger partial charge in [-0.25, -0.2) is 4.98 Å². The molecule has 21 heavy (non-hydrogen) atoms. The molecule has 0 spiro atoms. The maximum Gasteiger partial charge on any atom is 0.161 e. The first kappa shape index (κ1) is 15.3. The molecule has 2 rings (SSSR count). The minimum atomic E-state index is -0.602. The Bertz CT molecular complexity index is 557. The molecule has 6 heteroatoms. The number of rotatable bonds is 8. The van der Waals surface area contributed by atoms with Crippen molar-refractivity contribution in [1.29, 1.82) is 0 Å². The Balaban J connectivity index is 1.72. The number of nitrogens with one attached hydrogen (secondary N) is 1. The molecule has 2 N–H and O–H groups in total. The van der Waals surface area contributed by atoms with Crippen LogP contribution in [0.4, 0.5) is 0 Å². The van der Waals surface area contributed by atoms with E-state index >= 15 is 0 Å². The summed E-state index contributed by atoms with van der Waals surface area (Å²) in [6.45, 7) is 1.24. The van der Waals surface area contributed by atoms with E-state index in [1.165, 1.54) is 0 Å². The van der Waals surface area contributed by atoms with Crippen LogP contribution < -0.4 is 14.8 Å². The highest BCUT2D eigenvalue weighted by atomic mass is 16.5.